The van der Waals surface area contributed by atoms with Gasteiger partial charge in [-0.25, -0.2) is 4.98 Å². The summed E-state index contributed by atoms with van der Waals surface area (Å²) < 4.78 is 12.0. The molecule has 0 aliphatic carbocycles. The second-order valence-corrected chi connectivity index (χ2v) is 7.08. The van der Waals surface area contributed by atoms with Crippen molar-refractivity contribution in [1.82, 2.24) is 4.98 Å². The van der Waals surface area contributed by atoms with E-state index in [9.17, 15) is 10.1 Å². The number of thiazole rings is 1. The highest BCUT2D eigenvalue weighted by molar-refractivity contribution is 7.21. The van der Waals surface area contributed by atoms with E-state index in [0.29, 0.717) is 23.0 Å². The van der Waals surface area contributed by atoms with Gasteiger partial charge in [-0.3, -0.25) is 4.79 Å². The molecule has 6 nitrogen and oxygen atoms in total. The number of benzene rings is 2. The van der Waals surface area contributed by atoms with Crippen LogP contribution >= 0.6 is 11.3 Å². The fraction of sp³-hybridized carbons (Fsp3) is 0.0455. The van der Waals surface area contributed by atoms with Crippen molar-refractivity contribution in [2.75, 3.05) is 12.4 Å². The second-order valence-electron chi connectivity index (χ2n) is 6.04. The molecule has 0 unspecified atom stereocenters. The zero-order chi connectivity index (χ0) is 20.2. The first-order chi connectivity index (χ1) is 14.2. The van der Waals surface area contributed by atoms with Crippen molar-refractivity contribution >= 4 is 39.2 Å². The standard InChI is InChI=1S/C22H15N3O3S/c1-27-16-6-4-5-15(12-16)24-21(26)14(13-23)11-17-9-10-19(28-17)22-25-18-7-2-3-8-20(18)29-22/h2-12H,1H3,(H,24,26)/b14-11+. The molecule has 142 valence electrons. The quantitative estimate of drug-likeness (QED) is 0.371. The van der Waals surface area contributed by atoms with Crippen LogP contribution in [-0.2, 0) is 4.79 Å². The minimum atomic E-state index is -0.529. The second kappa shape index (κ2) is 8.00. The van der Waals surface area contributed by atoms with Gasteiger partial charge >= 0.3 is 0 Å². The van der Waals surface area contributed by atoms with Gasteiger partial charge in [-0.05, 0) is 36.4 Å². The van der Waals surface area contributed by atoms with E-state index in [1.807, 2.05) is 30.3 Å². The molecule has 0 radical (unpaired) electrons. The molecule has 4 aromatic rings. The number of rotatable bonds is 5. The Balaban J connectivity index is 1.55. The largest absolute Gasteiger partial charge is 0.497 e. The van der Waals surface area contributed by atoms with Gasteiger partial charge in [-0.1, -0.05) is 18.2 Å². The summed E-state index contributed by atoms with van der Waals surface area (Å²) in [5.74, 6) is 1.06. The molecule has 1 N–H and O–H groups in total. The Hall–Kier alpha value is -3.89. The van der Waals surface area contributed by atoms with Gasteiger partial charge in [0.2, 0.25) is 0 Å². The maximum atomic E-state index is 12.4. The number of carbonyl (C=O) groups is 1. The molecule has 0 spiro atoms. The molecular weight excluding hydrogens is 386 g/mol. The molecule has 0 aliphatic heterocycles. The van der Waals surface area contributed by atoms with Crippen LogP contribution in [0.25, 0.3) is 27.1 Å². The van der Waals surface area contributed by atoms with Crippen molar-refractivity contribution < 1.29 is 13.9 Å². The number of nitriles is 1. The van der Waals surface area contributed by atoms with Gasteiger partial charge in [0.25, 0.3) is 5.91 Å². The third-order valence-corrected chi connectivity index (χ3v) is 5.16. The van der Waals surface area contributed by atoms with Crippen LogP contribution in [0.3, 0.4) is 0 Å². The minimum absolute atomic E-state index is 0.0713. The highest BCUT2D eigenvalue weighted by atomic mass is 32.1. The van der Waals surface area contributed by atoms with E-state index < -0.39 is 5.91 Å². The van der Waals surface area contributed by atoms with Gasteiger partial charge in [0.05, 0.1) is 17.3 Å². The fourth-order valence-corrected chi connectivity index (χ4v) is 3.64. The highest BCUT2D eigenvalue weighted by Gasteiger charge is 2.13. The number of furan rings is 1. The Bertz CT molecular complexity index is 1230. The number of anilines is 1. The molecule has 0 atom stereocenters. The molecule has 2 heterocycles. The smallest absolute Gasteiger partial charge is 0.266 e. The lowest BCUT2D eigenvalue weighted by Crippen LogP contribution is -2.13. The molecule has 0 saturated heterocycles. The third-order valence-electron chi connectivity index (χ3n) is 4.11. The number of carbonyl (C=O) groups excluding carboxylic acids is 1. The lowest BCUT2D eigenvalue weighted by Gasteiger charge is -2.06. The number of nitrogens with zero attached hydrogens (tertiary/aromatic N) is 2. The molecule has 2 aromatic heterocycles. The van der Waals surface area contributed by atoms with Crippen molar-refractivity contribution in [2.24, 2.45) is 0 Å². The van der Waals surface area contributed by atoms with Crippen LogP contribution in [0.1, 0.15) is 5.76 Å². The van der Waals surface area contributed by atoms with Crippen LogP contribution in [0.2, 0.25) is 0 Å². The Labute approximate surface area is 170 Å². The molecule has 4 rings (SSSR count). The van der Waals surface area contributed by atoms with Crippen LogP contribution < -0.4 is 10.1 Å². The molecule has 0 bridgehead atoms. The van der Waals surface area contributed by atoms with Gasteiger partial charge in [-0.15, -0.1) is 11.3 Å². The molecule has 1 amide bonds. The molecule has 0 saturated carbocycles. The van der Waals surface area contributed by atoms with Crippen LogP contribution in [0.15, 0.2) is 70.7 Å². The normalized spacial score (nSPS) is 11.2. The van der Waals surface area contributed by atoms with Crippen molar-refractivity contribution in [3.63, 3.8) is 0 Å². The number of fused-ring (bicyclic) bond motifs is 1. The number of hydrogen-bond donors (Lipinski definition) is 1. The van der Waals surface area contributed by atoms with Gasteiger partial charge in [-0.2, -0.15) is 5.26 Å². The summed E-state index contributed by atoms with van der Waals surface area (Å²) in [6, 6.07) is 20.1. The third kappa shape index (κ3) is 4.03. The lowest BCUT2D eigenvalue weighted by molar-refractivity contribution is -0.112. The average molecular weight is 401 g/mol. The van der Waals surface area contributed by atoms with Crippen molar-refractivity contribution in [1.29, 1.82) is 5.26 Å². The number of ether oxygens (including phenoxy) is 1. The lowest BCUT2D eigenvalue weighted by atomic mass is 10.2. The number of nitrogens with one attached hydrogen (secondary N) is 1. The molecule has 29 heavy (non-hydrogen) atoms. The number of amides is 1. The monoisotopic (exact) mass is 401 g/mol. The SMILES string of the molecule is COc1cccc(NC(=O)/C(C#N)=C/c2ccc(-c3nc4ccccc4s3)o2)c1. The molecular formula is C22H15N3O3S. The van der Waals surface area contributed by atoms with E-state index >= 15 is 0 Å². The van der Waals surface area contributed by atoms with E-state index in [4.69, 9.17) is 9.15 Å². The summed E-state index contributed by atoms with van der Waals surface area (Å²) in [6.07, 6.45) is 1.41. The summed E-state index contributed by atoms with van der Waals surface area (Å²) in [6.45, 7) is 0. The molecule has 2 aromatic carbocycles. The summed E-state index contributed by atoms with van der Waals surface area (Å²) in [5.41, 5.74) is 1.36. The minimum Gasteiger partial charge on any atom is -0.497 e. The molecule has 7 heteroatoms. The van der Waals surface area contributed by atoms with E-state index in [1.54, 1.807) is 43.5 Å². The average Bonchev–Trinajstić information content (AvgIpc) is 3.38. The Morgan fingerprint density at radius 1 is 1.21 bits per heavy atom. The van der Waals surface area contributed by atoms with E-state index in [1.165, 1.54) is 17.4 Å². The fourth-order valence-electron chi connectivity index (χ4n) is 2.71. The Kier molecular flexibility index (Phi) is 5.10. The summed E-state index contributed by atoms with van der Waals surface area (Å²) in [7, 11) is 1.54. The van der Waals surface area contributed by atoms with Gasteiger partial charge in [0.1, 0.15) is 23.2 Å². The van der Waals surface area contributed by atoms with E-state index in [0.717, 1.165) is 15.2 Å². The van der Waals surface area contributed by atoms with E-state index in [2.05, 4.69) is 10.3 Å². The van der Waals surface area contributed by atoms with Crippen LogP contribution in [-0.4, -0.2) is 18.0 Å². The zero-order valence-electron chi connectivity index (χ0n) is 15.4. The maximum Gasteiger partial charge on any atom is 0.266 e. The van der Waals surface area contributed by atoms with Crippen LogP contribution in [0.5, 0.6) is 5.75 Å². The van der Waals surface area contributed by atoms with Crippen molar-refractivity contribution in [3.8, 4) is 22.6 Å². The molecule has 0 aliphatic rings. The molecule has 0 fully saturated rings. The van der Waals surface area contributed by atoms with Crippen LogP contribution in [0, 0.1) is 11.3 Å². The first-order valence-electron chi connectivity index (χ1n) is 8.69. The Morgan fingerprint density at radius 2 is 2.07 bits per heavy atom. The van der Waals surface area contributed by atoms with E-state index in [-0.39, 0.29) is 5.57 Å². The predicted octanol–water partition coefficient (Wildman–Crippen LogP) is 5.11. The number of hydrogen-bond acceptors (Lipinski definition) is 6. The van der Waals surface area contributed by atoms with Gasteiger partial charge in [0, 0.05) is 17.8 Å². The van der Waals surface area contributed by atoms with Crippen molar-refractivity contribution in [3.05, 3.63) is 72.0 Å². The zero-order valence-corrected chi connectivity index (χ0v) is 16.2. The first kappa shape index (κ1) is 18.5. The van der Waals surface area contributed by atoms with Gasteiger partial charge in [0.15, 0.2) is 10.8 Å². The summed E-state index contributed by atoms with van der Waals surface area (Å²) >= 11 is 1.52. The number of para-hydroxylation sites is 1. The summed E-state index contributed by atoms with van der Waals surface area (Å²) in [5, 5.41) is 12.8. The van der Waals surface area contributed by atoms with Gasteiger partial charge < -0.3 is 14.5 Å². The van der Waals surface area contributed by atoms with Crippen molar-refractivity contribution in [2.45, 2.75) is 0 Å². The van der Waals surface area contributed by atoms with Crippen LogP contribution in [0.4, 0.5) is 5.69 Å². The first-order valence-corrected chi connectivity index (χ1v) is 9.51. The predicted molar refractivity (Wildman–Crippen MR) is 113 cm³/mol. The number of aromatic nitrogens is 1. The maximum absolute atomic E-state index is 12.4. The topological polar surface area (TPSA) is 88.1 Å². The Morgan fingerprint density at radius 3 is 2.86 bits per heavy atom. The summed E-state index contributed by atoms with van der Waals surface area (Å²) in [4.78, 5) is 17.0. The number of methoxy groups -OCH3 is 1. The highest BCUT2D eigenvalue weighted by Crippen LogP contribution is 2.31.